The first-order valence-corrected chi connectivity index (χ1v) is 9.65. The summed E-state index contributed by atoms with van der Waals surface area (Å²) in [6, 6.07) is 14.3. The molecule has 8 nitrogen and oxygen atoms in total. The highest BCUT2D eigenvalue weighted by Crippen LogP contribution is 2.13. The topological polar surface area (TPSA) is 107 Å². The van der Waals surface area contributed by atoms with Crippen molar-refractivity contribution >= 4 is 17.8 Å². The van der Waals surface area contributed by atoms with Gasteiger partial charge in [0, 0.05) is 32.7 Å². The number of rotatable bonds is 5. The molecular weight excluding hydrogens is 407 g/mol. The first kappa shape index (κ1) is 23.8. The van der Waals surface area contributed by atoms with Gasteiger partial charge in [0.25, 0.3) is 5.91 Å². The second kappa shape index (κ2) is 11.7. The van der Waals surface area contributed by atoms with Gasteiger partial charge in [0.2, 0.25) is 0 Å². The zero-order valence-electron chi connectivity index (χ0n) is 17.2. The zero-order chi connectivity index (χ0) is 22.8. The lowest BCUT2D eigenvalue weighted by atomic mass is 10.2. The number of halogens is 1. The second-order valence-corrected chi connectivity index (χ2v) is 7.00. The molecule has 1 aliphatic heterocycles. The SMILES string of the molecule is Cc1ccc(OCC(=O)N2CCN(Cc3ccc(F)cc3)CC2)cc1.O=C(O)C(=O)O. The number of nitrogens with zero attached hydrogens (tertiary/aromatic N) is 2. The number of carboxylic acids is 2. The first-order chi connectivity index (χ1) is 14.7. The van der Waals surface area contributed by atoms with E-state index >= 15 is 0 Å². The van der Waals surface area contributed by atoms with E-state index in [9.17, 15) is 9.18 Å². The third kappa shape index (κ3) is 8.43. The number of aryl methyl sites for hydroxylation is 1. The molecule has 0 aliphatic carbocycles. The molecule has 0 atom stereocenters. The molecule has 1 amide bonds. The number of carbonyl (C=O) groups excluding carboxylic acids is 1. The van der Waals surface area contributed by atoms with Crippen molar-refractivity contribution in [3.63, 3.8) is 0 Å². The molecule has 0 spiro atoms. The van der Waals surface area contributed by atoms with Gasteiger partial charge in [-0.2, -0.15) is 0 Å². The van der Waals surface area contributed by atoms with Crippen LogP contribution in [-0.2, 0) is 20.9 Å². The number of aliphatic carboxylic acids is 2. The van der Waals surface area contributed by atoms with Gasteiger partial charge in [-0.3, -0.25) is 9.69 Å². The van der Waals surface area contributed by atoms with Gasteiger partial charge in [0.15, 0.2) is 6.61 Å². The third-order valence-electron chi connectivity index (χ3n) is 4.61. The van der Waals surface area contributed by atoms with Crippen molar-refractivity contribution in [1.82, 2.24) is 9.80 Å². The number of benzene rings is 2. The second-order valence-electron chi connectivity index (χ2n) is 7.00. The Morgan fingerprint density at radius 1 is 0.903 bits per heavy atom. The fourth-order valence-electron chi connectivity index (χ4n) is 2.87. The lowest BCUT2D eigenvalue weighted by Gasteiger charge is -2.34. The van der Waals surface area contributed by atoms with Crippen LogP contribution in [0.3, 0.4) is 0 Å². The van der Waals surface area contributed by atoms with Gasteiger partial charge in [0.05, 0.1) is 0 Å². The fraction of sp³-hybridized carbons (Fsp3) is 0.318. The smallest absolute Gasteiger partial charge is 0.414 e. The van der Waals surface area contributed by atoms with E-state index in [0.717, 1.165) is 30.8 Å². The first-order valence-electron chi connectivity index (χ1n) is 9.65. The molecule has 2 N–H and O–H groups in total. The fourth-order valence-corrected chi connectivity index (χ4v) is 2.87. The molecule has 2 aromatic rings. The lowest BCUT2D eigenvalue weighted by molar-refractivity contribution is -0.159. The Kier molecular flexibility index (Phi) is 8.95. The number of piperazine rings is 1. The van der Waals surface area contributed by atoms with Crippen LogP contribution in [0, 0.1) is 12.7 Å². The molecular formula is C22H25FN2O6. The number of carbonyl (C=O) groups is 3. The highest BCUT2D eigenvalue weighted by atomic mass is 19.1. The van der Waals surface area contributed by atoms with Crippen molar-refractivity contribution in [2.24, 2.45) is 0 Å². The van der Waals surface area contributed by atoms with E-state index in [-0.39, 0.29) is 18.3 Å². The summed E-state index contributed by atoms with van der Waals surface area (Å²) >= 11 is 0. The molecule has 0 unspecified atom stereocenters. The molecule has 0 aromatic heterocycles. The average molecular weight is 432 g/mol. The minimum absolute atomic E-state index is 0.0157. The van der Waals surface area contributed by atoms with Gasteiger partial charge >= 0.3 is 11.9 Å². The summed E-state index contributed by atoms with van der Waals surface area (Å²) in [7, 11) is 0. The van der Waals surface area contributed by atoms with Gasteiger partial charge in [0.1, 0.15) is 11.6 Å². The highest BCUT2D eigenvalue weighted by Gasteiger charge is 2.21. The largest absolute Gasteiger partial charge is 0.484 e. The number of hydrogen-bond acceptors (Lipinski definition) is 5. The Balaban J connectivity index is 0.000000501. The summed E-state index contributed by atoms with van der Waals surface area (Å²) in [5.74, 6) is -3.13. The number of carboxylic acid groups (broad SMARTS) is 2. The summed E-state index contributed by atoms with van der Waals surface area (Å²) < 4.78 is 18.5. The van der Waals surface area contributed by atoms with Crippen molar-refractivity contribution < 1.29 is 33.7 Å². The van der Waals surface area contributed by atoms with Crippen LogP contribution >= 0.6 is 0 Å². The van der Waals surface area contributed by atoms with Crippen molar-refractivity contribution in [3.8, 4) is 5.75 Å². The lowest BCUT2D eigenvalue weighted by Crippen LogP contribution is -2.49. The maximum absolute atomic E-state index is 13.0. The quantitative estimate of drug-likeness (QED) is 0.696. The van der Waals surface area contributed by atoms with Crippen molar-refractivity contribution in [3.05, 3.63) is 65.5 Å². The third-order valence-corrected chi connectivity index (χ3v) is 4.61. The summed E-state index contributed by atoms with van der Waals surface area (Å²) in [5, 5.41) is 14.8. The summed E-state index contributed by atoms with van der Waals surface area (Å²) in [6.45, 7) is 5.87. The van der Waals surface area contributed by atoms with E-state index in [1.807, 2.05) is 48.2 Å². The minimum Gasteiger partial charge on any atom is -0.484 e. The molecule has 1 fully saturated rings. The monoisotopic (exact) mass is 432 g/mol. The maximum Gasteiger partial charge on any atom is 0.414 e. The van der Waals surface area contributed by atoms with E-state index < -0.39 is 11.9 Å². The van der Waals surface area contributed by atoms with Crippen LogP contribution in [0.25, 0.3) is 0 Å². The van der Waals surface area contributed by atoms with Crippen LogP contribution in [0.1, 0.15) is 11.1 Å². The van der Waals surface area contributed by atoms with Crippen molar-refractivity contribution in [2.45, 2.75) is 13.5 Å². The summed E-state index contributed by atoms with van der Waals surface area (Å²) in [4.78, 5) is 34.6. The summed E-state index contributed by atoms with van der Waals surface area (Å²) in [5.41, 5.74) is 2.25. The minimum atomic E-state index is -1.82. The molecule has 0 saturated carbocycles. The Morgan fingerprint density at radius 3 is 1.97 bits per heavy atom. The maximum atomic E-state index is 13.0. The van der Waals surface area contributed by atoms with E-state index in [0.29, 0.717) is 18.8 Å². The molecule has 1 heterocycles. The van der Waals surface area contributed by atoms with Crippen LogP contribution in [0.2, 0.25) is 0 Å². The van der Waals surface area contributed by atoms with Crippen LogP contribution in [0.4, 0.5) is 4.39 Å². The standard InChI is InChI=1S/C20H23FN2O2.C2H2O4/c1-16-2-8-19(9-3-16)25-15-20(24)23-12-10-22(11-13-23)14-17-4-6-18(21)7-5-17;3-1(4)2(5)6/h2-9H,10-15H2,1H3;(H,3,4)(H,5,6). The molecule has 166 valence electrons. The zero-order valence-corrected chi connectivity index (χ0v) is 17.2. The molecule has 0 radical (unpaired) electrons. The number of hydrogen-bond donors (Lipinski definition) is 2. The number of amides is 1. The average Bonchev–Trinajstić information content (AvgIpc) is 2.75. The summed E-state index contributed by atoms with van der Waals surface area (Å²) in [6.07, 6.45) is 0. The highest BCUT2D eigenvalue weighted by molar-refractivity contribution is 6.27. The number of ether oxygens (including phenoxy) is 1. The Hall–Kier alpha value is -3.46. The molecule has 2 aromatic carbocycles. The molecule has 1 aliphatic rings. The van der Waals surface area contributed by atoms with Crippen LogP contribution in [0.5, 0.6) is 5.75 Å². The Labute approximate surface area is 179 Å². The van der Waals surface area contributed by atoms with Gasteiger partial charge in [-0.1, -0.05) is 29.8 Å². The van der Waals surface area contributed by atoms with Crippen LogP contribution < -0.4 is 4.74 Å². The van der Waals surface area contributed by atoms with Crippen LogP contribution in [-0.4, -0.2) is 70.6 Å². The molecule has 1 saturated heterocycles. The van der Waals surface area contributed by atoms with Crippen molar-refractivity contribution in [2.75, 3.05) is 32.8 Å². The Bertz CT molecular complexity index is 866. The predicted octanol–water partition coefficient (Wildman–Crippen LogP) is 2.01. The normalized spacial score (nSPS) is 13.7. The van der Waals surface area contributed by atoms with E-state index in [2.05, 4.69) is 4.90 Å². The van der Waals surface area contributed by atoms with Gasteiger partial charge in [-0.15, -0.1) is 0 Å². The van der Waals surface area contributed by atoms with Crippen molar-refractivity contribution in [1.29, 1.82) is 0 Å². The molecule has 0 bridgehead atoms. The van der Waals surface area contributed by atoms with E-state index in [4.69, 9.17) is 24.5 Å². The van der Waals surface area contributed by atoms with E-state index in [1.54, 1.807) is 0 Å². The molecule has 9 heteroatoms. The molecule has 3 rings (SSSR count). The van der Waals surface area contributed by atoms with Gasteiger partial charge in [-0.25, -0.2) is 14.0 Å². The predicted molar refractivity (Wildman–Crippen MR) is 110 cm³/mol. The van der Waals surface area contributed by atoms with Gasteiger partial charge < -0.3 is 19.8 Å². The van der Waals surface area contributed by atoms with Crippen LogP contribution in [0.15, 0.2) is 48.5 Å². The Morgan fingerprint density at radius 2 is 1.45 bits per heavy atom. The molecule has 31 heavy (non-hydrogen) atoms. The van der Waals surface area contributed by atoms with E-state index in [1.165, 1.54) is 12.1 Å². The van der Waals surface area contributed by atoms with Gasteiger partial charge in [-0.05, 0) is 36.8 Å².